The van der Waals surface area contributed by atoms with Crippen molar-refractivity contribution in [2.45, 2.75) is 26.7 Å². The predicted molar refractivity (Wildman–Crippen MR) is 117 cm³/mol. The Kier molecular flexibility index (Phi) is 8.26. The zero-order valence-electron chi connectivity index (χ0n) is 16.0. The van der Waals surface area contributed by atoms with Gasteiger partial charge in [0.15, 0.2) is 11.6 Å². The molecular formula is C18H28IN7O. The largest absolute Gasteiger partial charge is 0.357 e. The molecule has 0 aromatic carbocycles. The Morgan fingerprint density at radius 2 is 1.93 bits per heavy atom. The molecule has 0 unspecified atom stereocenters. The number of fused-ring (bicyclic) bond motifs is 1. The van der Waals surface area contributed by atoms with Crippen LogP contribution in [0.3, 0.4) is 0 Å². The number of aliphatic imine (C=N–C) groups is 1. The van der Waals surface area contributed by atoms with E-state index in [0.717, 1.165) is 69.5 Å². The number of carbonyl (C=O) groups is 1. The average Bonchev–Trinajstić information content (AvgIpc) is 3.07. The van der Waals surface area contributed by atoms with E-state index in [0.29, 0.717) is 0 Å². The molecule has 1 saturated heterocycles. The van der Waals surface area contributed by atoms with Crippen LogP contribution in [0.4, 0.5) is 0 Å². The highest BCUT2D eigenvalue weighted by Gasteiger charge is 2.20. The lowest BCUT2D eigenvalue weighted by molar-refractivity contribution is -0.130. The van der Waals surface area contributed by atoms with Crippen LogP contribution in [0.15, 0.2) is 29.4 Å². The second-order valence-electron chi connectivity index (χ2n) is 6.38. The van der Waals surface area contributed by atoms with Gasteiger partial charge in [0.1, 0.15) is 5.82 Å². The molecule has 3 rings (SSSR count). The minimum Gasteiger partial charge on any atom is -0.357 e. The van der Waals surface area contributed by atoms with Crippen molar-refractivity contribution in [3.8, 4) is 0 Å². The fourth-order valence-corrected chi connectivity index (χ4v) is 3.14. The van der Waals surface area contributed by atoms with Crippen molar-refractivity contribution in [1.29, 1.82) is 0 Å². The molecule has 0 aliphatic carbocycles. The second-order valence-corrected chi connectivity index (χ2v) is 6.38. The van der Waals surface area contributed by atoms with Gasteiger partial charge >= 0.3 is 0 Å². The summed E-state index contributed by atoms with van der Waals surface area (Å²) >= 11 is 0. The molecule has 1 amide bonds. The highest BCUT2D eigenvalue weighted by molar-refractivity contribution is 14.0. The summed E-state index contributed by atoms with van der Waals surface area (Å²) in [5.41, 5.74) is 0.877. The number of hydrogen-bond acceptors (Lipinski definition) is 4. The average molecular weight is 485 g/mol. The topological polar surface area (TPSA) is 78.1 Å². The molecule has 1 N–H and O–H groups in total. The number of rotatable bonds is 5. The van der Waals surface area contributed by atoms with E-state index in [1.165, 1.54) is 0 Å². The second kappa shape index (κ2) is 10.4. The maximum atomic E-state index is 11.5. The summed E-state index contributed by atoms with van der Waals surface area (Å²) in [5, 5.41) is 11.8. The summed E-state index contributed by atoms with van der Waals surface area (Å²) in [6.45, 7) is 8.42. The first-order chi connectivity index (χ1) is 12.7. The van der Waals surface area contributed by atoms with Gasteiger partial charge in [0.05, 0.1) is 0 Å². The number of nitrogens with one attached hydrogen (secondary N) is 1. The molecule has 2 aromatic heterocycles. The van der Waals surface area contributed by atoms with Crippen LogP contribution in [0, 0.1) is 0 Å². The third kappa shape index (κ3) is 5.53. The molecule has 148 valence electrons. The van der Waals surface area contributed by atoms with Crippen molar-refractivity contribution in [3.63, 3.8) is 0 Å². The molecule has 3 heterocycles. The molecule has 0 bridgehead atoms. The summed E-state index contributed by atoms with van der Waals surface area (Å²) in [6, 6.07) is 5.91. The molecule has 1 aliphatic heterocycles. The van der Waals surface area contributed by atoms with Gasteiger partial charge in [-0.1, -0.05) is 6.07 Å². The quantitative estimate of drug-likeness (QED) is 0.300. The van der Waals surface area contributed by atoms with Gasteiger partial charge in [-0.15, -0.1) is 34.2 Å². The Morgan fingerprint density at radius 1 is 1.19 bits per heavy atom. The number of guanidine groups is 1. The van der Waals surface area contributed by atoms with Gasteiger partial charge in [-0.05, 0) is 25.5 Å². The van der Waals surface area contributed by atoms with Gasteiger partial charge in [0.25, 0.3) is 0 Å². The summed E-state index contributed by atoms with van der Waals surface area (Å²) in [4.78, 5) is 20.3. The third-order valence-corrected chi connectivity index (χ3v) is 4.56. The first-order valence-electron chi connectivity index (χ1n) is 9.26. The van der Waals surface area contributed by atoms with Crippen LogP contribution in [0.2, 0.25) is 0 Å². The molecule has 0 saturated carbocycles. The van der Waals surface area contributed by atoms with Crippen LogP contribution in [-0.2, 0) is 11.2 Å². The van der Waals surface area contributed by atoms with Crippen LogP contribution in [0.5, 0.6) is 0 Å². The zero-order valence-corrected chi connectivity index (χ0v) is 18.3. The van der Waals surface area contributed by atoms with E-state index >= 15 is 0 Å². The van der Waals surface area contributed by atoms with Crippen molar-refractivity contribution in [3.05, 3.63) is 30.2 Å². The van der Waals surface area contributed by atoms with Crippen molar-refractivity contribution in [2.75, 3.05) is 39.3 Å². The van der Waals surface area contributed by atoms with Crippen LogP contribution < -0.4 is 5.32 Å². The van der Waals surface area contributed by atoms with Crippen LogP contribution in [-0.4, -0.2) is 75.5 Å². The van der Waals surface area contributed by atoms with Crippen molar-refractivity contribution >= 4 is 41.5 Å². The zero-order chi connectivity index (χ0) is 18.4. The third-order valence-electron chi connectivity index (χ3n) is 4.56. The SMILES string of the molecule is CCNC(=NCCCc1nnc2ccccn12)N1CCN(C(C)=O)CC1.I. The molecule has 2 aromatic rings. The molecular weight excluding hydrogens is 457 g/mol. The summed E-state index contributed by atoms with van der Waals surface area (Å²) < 4.78 is 2.02. The van der Waals surface area contributed by atoms with E-state index < -0.39 is 0 Å². The number of pyridine rings is 1. The van der Waals surface area contributed by atoms with Gasteiger partial charge in [-0.2, -0.15) is 0 Å². The Morgan fingerprint density at radius 3 is 2.63 bits per heavy atom. The van der Waals surface area contributed by atoms with Gasteiger partial charge in [-0.25, -0.2) is 0 Å². The van der Waals surface area contributed by atoms with Gasteiger partial charge < -0.3 is 15.1 Å². The predicted octanol–water partition coefficient (Wildman–Crippen LogP) is 1.41. The molecule has 1 aliphatic rings. The molecule has 27 heavy (non-hydrogen) atoms. The lowest BCUT2D eigenvalue weighted by Crippen LogP contribution is -2.53. The van der Waals surface area contributed by atoms with E-state index in [1.807, 2.05) is 33.7 Å². The molecule has 0 spiro atoms. The molecule has 0 atom stereocenters. The van der Waals surface area contributed by atoms with E-state index in [9.17, 15) is 4.79 Å². The fourth-order valence-electron chi connectivity index (χ4n) is 3.14. The van der Waals surface area contributed by atoms with Gasteiger partial charge in [0, 0.05) is 58.8 Å². The van der Waals surface area contributed by atoms with E-state index in [-0.39, 0.29) is 29.9 Å². The molecule has 8 nitrogen and oxygen atoms in total. The normalized spacial score (nSPS) is 15.0. The number of aryl methyl sites for hydroxylation is 1. The number of halogens is 1. The number of aromatic nitrogens is 3. The summed E-state index contributed by atoms with van der Waals surface area (Å²) in [5.74, 6) is 2.05. The number of nitrogens with zero attached hydrogens (tertiary/aromatic N) is 6. The maximum Gasteiger partial charge on any atom is 0.219 e. The first-order valence-corrected chi connectivity index (χ1v) is 9.26. The molecule has 9 heteroatoms. The highest BCUT2D eigenvalue weighted by atomic mass is 127. The Labute approximate surface area is 177 Å². The monoisotopic (exact) mass is 485 g/mol. The number of hydrogen-bond donors (Lipinski definition) is 1. The lowest BCUT2D eigenvalue weighted by Gasteiger charge is -2.36. The summed E-state index contributed by atoms with van der Waals surface area (Å²) in [7, 11) is 0. The molecule has 1 fully saturated rings. The van der Waals surface area contributed by atoms with Gasteiger partial charge in [0.2, 0.25) is 5.91 Å². The lowest BCUT2D eigenvalue weighted by atomic mass is 10.3. The minimum atomic E-state index is 0. The van der Waals surface area contributed by atoms with Crippen LogP contribution in [0.1, 0.15) is 26.1 Å². The van der Waals surface area contributed by atoms with E-state index in [1.54, 1.807) is 6.92 Å². The standard InChI is InChI=1S/C18H27N7O.HI/c1-3-19-18(24-13-11-23(12-14-24)15(2)26)20-9-6-8-17-22-21-16-7-4-5-10-25(16)17;/h4-5,7,10H,3,6,8-9,11-14H2,1-2H3,(H,19,20);1H. The number of amides is 1. The number of carbonyl (C=O) groups excluding carboxylic acids is 1. The first kappa shape index (κ1) is 21.4. The Hall–Kier alpha value is -1.91. The fraction of sp³-hybridized carbons (Fsp3) is 0.556. The van der Waals surface area contributed by atoms with Crippen LogP contribution in [0.25, 0.3) is 5.65 Å². The van der Waals surface area contributed by atoms with Gasteiger partial charge in [-0.3, -0.25) is 14.2 Å². The Balaban J connectivity index is 0.00000261. The highest BCUT2D eigenvalue weighted by Crippen LogP contribution is 2.06. The molecule has 0 radical (unpaired) electrons. The maximum absolute atomic E-state index is 11.5. The number of piperazine rings is 1. The Bertz CT molecular complexity index is 768. The van der Waals surface area contributed by atoms with Crippen molar-refractivity contribution < 1.29 is 4.79 Å². The smallest absolute Gasteiger partial charge is 0.219 e. The van der Waals surface area contributed by atoms with Crippen molar-refractivity contribution in [1.82, 2.24) is 29.7 Å². The summed E-state index contributed by atoms with van der Waals surface area (Å²) in [6.07, 6.45) is 3.75. The van der Waals surface area contributed by atoms with E-state index in [2.05, 4.69) is 27.3 Å². The van der Waals surface area contributed by atoms with Crippen molar-refractivity contribution in [2.24, 2.45) is 4.99 Å². The minimum absolute atomic E-state index is 0. The van der Waals surface area contributed by atoms with Crippen LogP contribution >= 0.6 is 24.0 Å². The van der Waals surface area contributed by atoms with E-state index in [4.69, 9.17) is 4.99 Å².